The zero-order chi connectivity index (χ0) is 20.4. The number of nitrogens with zero attached hydrogens (tertiary/aromatic N) is 3. The van der Waals surface area contributed by atoms with Gasteiger partial charge in [0.15, 0.2) is 0 Å². The lowest BCUT2D eigenvalue weighted by Gasteiger charge is -2.12. The van der Waals surface area contributed by atoms with Gasteiger partial charge in [0, 0.05) is 0 Å². The van der Waals surface area contributed by atoms with Crippen LogP contribution in [0.15, 0.2) is 52.9 Å². The summed E-state index contributed by atoms with van der Waals surface area (Å²) in [5.74, 6) is -0.475. The Bertz CT molecular complexity index is 1070. The highest BCUT2D eigenvalue weighted by Gasteiger charge is 2.36. The van der Waals surface area contributed by atoms with Gasteiger partial charge in [0.2, 0.25) is 11.8 Å². The Morgan fingerprint density at radius 3 is 2.28 bits per heavy atom. The Morgan fingerprint density at radius 1 is 1.00 bits per heavy atom. The molecule has 0 unspecified atom stereocenters. The third-order valence-electron chi connectivity index (χ3n) is 4.42. The topological polar surface area (TPSA) is 115 Å². The van der Waals surface area contributed by atoms with Crippen LogP contribution in [-0.2, 0) is 11.3 Å². The van der Waals surface area contributed by atoms with Crippen molar-refractivity contribution in [1.82, 2.24) is 20.4 Å². The third-order valence-corrected chi connectivity index (χ3v) is 4.42. The number of amides is 3. The molecule has 0 atom stereocenters. The van der Waals surface area contributed by atoms with Gasteiger partial charge in [0.1, 0.15) is 12.3 Å². The van der Waals surface area contributed by atoms with Crippen LogP contribution < -0.4 is 10.1 Å². The molecule has 2 aromatic carbocycles. The number of hydrogen-bond acceptors (Lipinski definition) is 7. The van der Waals surface area contributed by atoms with E-state index >= 15 is 0 Å². The van der Waals surface area contributed by atoms with E-state index in [0.717, 1.165) is 4.90 Å². The predicted octanol–water partition coefficient (Wildman–Crippen LogP) is 1.66. The second-order valence-electron chi connectivity index (χ2n) is 6.22. The molecule has 2 heterocycles. The van der Waals surface area contributed by atoms with Crippen LogP contribution in [0.25, 0.3) is 11.5 Å². The molecule has 0 fully saturated rings. The molecule has 9 heteroatoms. The van der Waals surface area contributed by atoms with Crippen molar-refractivity contribution in [3.05, 3.63) is 65.5 Å². The first-order valence-corrected chi connectivity index (χ1v) is 8.76. The molecule has 3 aromatic rings. The van der Waals surface area contributed by atoms with E-state index in [4.69, 9.17) is 9.15 Å². The van der Waals surface area contributed by atoms with E-state index in [2.05, 4.69) is 15.5 Å². The van der Waals surface area contributed by atoms with Gasteiger partial charge in [-0.1, -0.05) is 24.3 Å². The van der Waals surface area contributed by atoms with Crippen LogP contribution in [-0.4, -0.2) is 46.5 Å². The fraction of sp³-hybridized carbons (Fsp3) is 0.150. The van der Waals surface area contributed by atoms with Crippen molar-refractivity contribution in [2.45, 2.75) is 6.54 Å². The molecule has 0 aliphatic carbocycles. The highest BCUT2D eigenvalue weighted by atomic mass is 16.5. The van der Waals surface area contributed by atoms with Gasteiger partial charge in [-0.25, -0.2) is 0 Å². The number of nitrogens with one attached hydrogen (secondary N) is 1. The van der Waals surface area contributed by atoms with Gasteiger partial charge >= 0.3 is 0 Å². The van der Waals surface area contributed by atoms with Crippen LogP contribution in [0, 0.1) is 0 Å². The highest BCUT2D eigenvalue weighted by Crippen LogP contribution is 2.28. The van der Waals surface area contributed by atoms with E-state index in [1.807, 2.05) is 12.1 Å². The maximum Gasteiger partial charge on any atom is 0.262 e. The number of hydrogen-bond donors (Lipinski definition) is 1. The number of ether oxygens (including phenoxy) is 1. The number of imide groups is 1. The van der Waals surface area contributed by atoms with Crippen molar-refractivity contribution >= 4 is 17.7 Å². The summed E-state index contributed by atoms with van der Waals surface area (Å²) in [5, 5.41) is 10.4. The Kier molecular flexibility index (Phi) is 4.78. The van der Waals surface area contributed by atoms with E-state index in [1.165, 1.54) is 7.11 Å². The molecule has 1 aliphatic rings. The summed E-state index contributed by atoms with van der Waals surface area (Å²) in [5.41, 5.74) is 1.22. The molecule has 146 valence electrons. The fourth-order valence-corrected chi connectivity index (χ4v) is 3.01. The standard InChI is InChI=1S/C20H16N4O5/c1-28-15-9-5-4-8-14(15)18-23-22-17(29-18)10-21-16(25)11-24-19(26)12-6-2-3-7-13(12)20(24)27/h2-9H,10-11H2,1H3,(H,21,25). The minimum Gasteiger partial charge on any atom is -0.496 e. The van der Waals surface area contributed by atoms with Crippen LogP contribution in [0.4, 0.5) is 0 Å². The molecular weight excluding hydrogens is 376 g/mol. The average molecular weight is 392 g/mol. The van der Waals surface area contributed by atoms with Gasteiger partial charge in [0.25, 0.3) is 17.7 Å². The second-order valence-corrected chi connectivity index (χ2v) is 6.22. The van der Waals surface area contributed by atoms with Crippen LogP contribution in [0.2, 0.25) is 0 Å². The summed E-state index contributed by atoms with van der Waals surface area (Å²) >= 11 is 0. The van der Waals surface area contributed by atoms with E-state index < -0.39 is 17.7 Å². The highest BCUT2D eigenvalue weighted by molar-refractivity contribution is 6.22. The fourth-order valence-electron chi connectivity index (χ4n) is 3.01. The number of carbonyl (C=O) groups is 3. The van der Waals surface area contributed by atoms with E-state index in [0.29, 0.717) is 22.4 Å². The third kappa shape index (κ3) is 3.45. The van der Waals surface area contributed by atoms with Crippen molar-refractivity contribution < 1.29 is 23.5 Å². The Labute approximate surface area is 165 Å². The summed E-state index contributed by atoms with van der Waals surface area (Å²) in [7, 11) is 1.54. The number of aromatic nitrogens is 2. The first-order valence-electron chi connectivity index (χ1n) is 8.76. The van der Waals surface area contributed by atoms with Crippen molar-refractivity contribution in [1.29, 1.82) is 0 Å². The SMILES string of the molecule is COc1ccccc1-c1nnc(CNC(=O)CN2C(=O)c3ccccc3C2=O)o1. The second kappa shape index (κ2) is 7.55. The molecular formula is C20H16N4O5. The first-order chi connectivity index (χ1) is 14.1. The molecule has 9 nitrogen and oxygen atoms in total. The quantitative estimate of drug-likeness (QED) is 0.635. The lowest BCUT2D eigenvalue weighted by Crippen LogP contribution is -2.40. The van der Waals surface area contributed by atoms with Gasteiger partial charge in [-0.2, -0.15) is 0 Å². The predicted molar refractivity (Wildman–Crippen MR) is 99.9 cm³/mol. The zero-order valence-corrected chi connectivity index (χ0v) is 15.4. The van der Waals surface area contributed by atoms with E-state index in [1.54, 1.807) is 36.4 Å². The van der Waals surface area contributed by atoms with Crippen LogP contribution in [0.5, 0.6) is 5.75 Å². The first kappa shape index (κ1) is 18.4. The summed E-state index contributed by atoms with van der Waals surface area (Å²) in [6.07, 6.45) is 0. The monoisotopic (exact) mass is 392 g/mol. The number of methoxy groups -OCH3 is 1. The van der Waals surface area contributed by atoms with Crippen molar-refractivity contribution in [2.24, 2.45) is 0 Å². The van der Waals surface area contributed by atoms with Gasteiger partial charge in [-0.3, -0.25) is 19.3 Å². The van der Waals surface area contributed by atoms with Crippen molar-refractivity contribution in [3.63, 3.8) is 0 Å². The summed E-state index contributed by atoms with van der Waals surface area (Å²) in [6.45, 7) is -0.427. The molecule has 0 bridgehead atoms. The number of benzene rings is 2. The molecule has 1 N–H and O–H groups in total. The van der Waals surface area contributed by atoms with Gasteiger partial charge in [0.05, 0.1) is 30.3 Å². The molecule has 29 heavy (non-hydrogen) atoms. The van der Waals surface area contributed by atoms with Gasteiger partial charge < -0.3 is 14.5 Å². The Hall–Kier alpha value is -4.01. The van der Waals surface area contributed by atoms with Crippen LogP contribution in [0.1, 0.15) is 26.6 Å². The van der Waals surface area contributed by atoms with Crippen molar-refractivity contribution in [2.75, 3.05) is 13.7 Å². The number of fused-ring (bicyclic) bond motifs is 1. The minimum atomic E-state index is -0.517. The molecule has 3 amide bonds. The van der Waals surface area contributed by atoms with Crippen LogP contribution >= 0.6 is 0 Å². The van der Waals surface area contributed by atoms with Crippen LogP contribution in [0.3, 0.4) is 0 Å². The van der Waals surface area contributed by atoms with Crippen molar-refractivity contribution in [3.8, 4) is 17.2 Å². The van der Waals surface area contributed by atoms with E-state index in [-0.39, 0.29) is 24.9 Å². The molecule has 0 spiro atoms. The number of carbonyl (C=O) groups excluding carboxylic acids is 3. The maximum atomic E-state index is 12.3. The maximum absolute atomic E-state index is 12.3. The number of rotatable bonds is 6. The Balaban J connectivity index is 1.38. The molecule has 0 saturated carbocycles. The minimum absolute atomic E-state index is 0.0375. The zero-order valence-electron chi connectivity index (χ0n) is 15.4. The molecule has 1 aromatic heterocycles. The number of para-hydroxylation sites is 1. The Morgan fingerprint density at radius 2 is 1.62 bits per heavy atom. The molecule has 4 rings (SSSR count). The molecule has 0 saturated heterocycles. The smallest absolute Gasteiger partial charge is 0.262 e. The van der Waals surface area contributed by atoms with Gasteiger partial charge in [-0.05, 0) is 24.3 Å². The van der Waals surface area contributed by atoms with E-state index in [9.17, 15) is 14.4 Å². The molecule has 0 radical (unpaired) electrons. The normalized spacial score (nSPS) is 12.8. The average Bonchev–Trinajstić information content (AvgIpc) is 3.32. The molecule has 1 aliphatic heterocycles. The summed E-state index contributed by atoms with van der Waals surface area (Å²) in [6, 6.07) is 13.6. The summed E-state index contributed by atoms with van der Waals surface area (Å²) < 4.78 is 10.8. The summed E-state index contributed by atoms with van der Waals surface area (Å²) in [4.78, 5) is 37.8. The largest absolute Gasteiger partial charge is 0.496 e. The van der Waals surface area contributed by atoms with Gasteiger partial charge in [-0.15, -0.1) is 10.2 Å². The lowest BCUT2D eigenvalue weighted by atomic mass is 10.1. The lowest BCUT2D eigenvalue weighted by molar-refractivity contribution is -0.121.